The zero-order valence-electron chi connectivity index (χ0n) is 11.2. The Kier molecular flexibility index (Phi) is 8.09. The van der Waals surface area contributed by atoms with Crippen molar-refractivity contribution < 1.29 is 8.42 Å². The summed E-state index contributed by atoms with van der Waals surface area (Å²) in [6.07, 6.45) is 0. The third-order valence-electron chi connectivity index (χ3n) is 2.50. The van der Waals surface area contributed by atoms with Crippen molar-refractivity contribution >= 4 is 34.0 Å². The molecule has 1 aromatic carbocycles. The second kappa shape index (κ2) is 8.45. The topological polar surface area (TPSA) is 82.0 Å². The van der Waals surface area contributed by atoms with Gasteiger partial charge in [0.15, 0.2) is 0 Å². The number of nitriles is 1. The van der Waals surface area contributed by atoms with Crippen LogP contribution < -0.4 is 10.0 Å². The summed E-state index contributed by atoms with van der Waals surface area (Å²) in [4.78, 5) is 0.0557. The van der Waals surface area contributed by atoms with Crippen LogP contribution in [0.4, 0.5) is 0 Å². The van der Waals surface area contributed by atoms with E-state index in [2.05, 4.69) is 10.0 Å². The minimum atomic E-state index is -3.60. The molecule has 0 aliphatic rings. The first-order valence-corrected chi connectivity index (χ1v) is 7.69. The number of rotatable bonds is 6. The van der Waals surface area contributed by atoms with Crippen LogP contribution in [0, 0.1) is 11.3 Å². The standard InChI is InChI=1S/C12H16ClN3O2S.ClH/c1-3-15-9(2)8-16-19(17,18)11-5-4-10(7-14)12(13)6-11;/h4-6,9,15-16H,3,8H2,1-2H3;1H/t9-;/m1./s1. The highest BCUT2D eigenvalue weighted by atomic mass is 35.5. The molecule has 0 spiro atoms. The van der Waals surface area contributed by atoms with Gasteiger partial charge in [-0.15, -0.1) is 12.4 Å². The Morgan fingerprint density at radius 2 is 2.10 bits per heavy atom. The number of benzene rings is 1. The summed E-state index contributed by atoms with van der Waals surface area (Å²) in [7, 11) is -3.60. The van der Waals surface area contributed by atoms with Gasteiger partial charge in [-0.05, 0) is 31.7 Å². The lowest BCUT2D eigenvalue weighted by Crippen LogP contribution is -2.38. The third-order valence-corrected chi connectivity index (χ3v) is 4.24. The predicted molar refractivity (Wildman–Crippen MR) is 81.7 cm³/mol. The van der Waals surface area contributed by atoms with Crippen molar-refractivity contribution in [1.29, 1.82) is 5.26 Å². The summed E-state index contributed by atoms with van der Waals surface area (Å²) in [6.45, 7) is 4.89. The number of nitrogens with one attached hydrogen (secondary N) is 2. The summed E-state index contributed by atoms with van der Waals surface area (Å²) >= 11 is 5.82. The average molecular weight is 338 g/mol. The van der Waals surface area contributed by atoms with Crippen molar-refractivity contribution in [3.05, 3.63) is 28.8 Å². The quantitative estimate of drug-likeness (QED) is 0.830. The molecule has 0 aliphatic carbocycles. The Hall–Kier alpha value is -0.840. The predicted octanol–water partition coefficient (Wildman–Crippen LogP) is 1.91. The highest BCUT2D eigenvalue weighted by molar-refractivity contribution is 7.89. The Labute approximate surface area is 130 Å². The molecule has 0 unspecified atom stereocenters. The first kappa shape index (κ1) is 19.2. The molecule has 0 fully saturated rings. The van der Waals surface area contributed by atoms with Gasteiger partial charge < -0.3 is 5.32 Å². The van der Waals surface area contributed by atoms with E-state index in [0.717, 1.165) is 6.54 Å². The fourth-order valence-electron chi connectivity index (χ4n) is 1.49. The number of hydrogen-bond donors (Lipinski definition) is 2. The van der Waals surface area contributed by atoms with Gasteiger partial charge in [0.2, 0.25) is 10.0 Å². The van der Waals surface area contributed by atoms with Gasteiger partial charge in [0.25, 0.3) is 0 Å². The SMILES string of the molecule is CCN[C@H](C)CNS(=O)(=O)c1ccc(C#N)c(Cl)c1.Cl. The second-order valence-electron chi connectivity index (χ2n) is 4.06. The van der Waals surface area contributed by atoms with Gasteiger partial charge in [0.1, 0.15) is 6.07 Å². The van der Waals surface area contributed by atoms with Crippen LogP contribution >= 0.6 is 24.0 Å². The Morgan fingerprint density at radius 3 is 2.60 bits per heavy atom. The molecule has 20 heavy (non-hydrogen) atoms. The maximum Gasteiger partial charge on any atom is 0.240 e. The smallest absolute Gasteiger partial charge is 0.240 e. The minimum Gasteiger partial charge on any atom is -0.313 e. The lowest BCUT2D eigenvalue weighted by atomic mass is 10.2. The molecule has 0 heterocycles. The van der Waals surface area contributed by atoms with Gasteiger partial charge in [-0.25, -0.2) is 13.1 Å². The van der Waals surface area contributed by atoms with Gasteiger partial charge in [-0.2, -0.15) is 5.26 Å². The average Bonchev–Trinajstić information content (AvgIpc) is 2.37. The van der Waals surface area contributed by atoms with Crippen molar-refractivity contribution in [3.8, 4) is 6.07 Å². The van der Waals surface area contributed by atoms with Gasteiger partial charge in [-0.1, -0.05) is 18.5 Å². The van der Waals surface area contributed by atoms with E-state index >= 15 is 0 Å². The van der Waals surface area contributed by atoms with Gasteiger partial charge in [0, 0.05) is 12.6 Å². The van der Waals surface area contributed by atoms with Crippen LogP contribution in [0.25, 0.3) is 0 Å². The summed E-state index contributed by atoms with van der Waals surface area (Å²) in [6, 6.07) is 5.96. The molecule has 0 saturated heterocycles. The molecule has 5 nitrogen and oxygen atoms in total. The largest absolute Gasteiger partial charge is 0.313 e. The summed E-state index contributed by atoms with van der Waals surface area (Å²) in [5.74, 6) is 0. The normalized spacial score (nSPS) is 12.3. The van der Waals surface area contributed by atoms with Gasteiger partial charge in [-0.3, -0.25) is 0 Å². The van der Waals surface area contributed by atoms with Crippen LogP contribution in [-0.4, -0.2) is 27.5 Å². The van der Waals surface area contributed by atoms with Crippen molar-refractivity contribution in [2.45, 2.75) is 24.8 Å². The van der Waals surface area contributed by atoms with Crippen LogP contribution in [0.15, 0.2) is 23.1 Å². The van der Waals surface area contributed by atoms with E-state index in [4.69, 9.17) is 16.9 Å². The Bertz CT molecular complexity index is 585. The van der Waals surface area contributed by atoms with E-state index in [1.807, 2.05) is 19.9 Å². The Morgan fingerprint density at radius 1 is 1.45 bits per heavy atom. The van der Waals surface area contributed by atoms with Gasteiger partial charge >= 0.3 is 0 Å². The molecule has 0 saturated carbocycles. The van der Waals surface area contributed by atoms with Crippen LogP contribution in [0.3, 0.4) is 0 Å². The van der Waals surface area contributed by atoms with E-state index in [1.54, 1.807) is 0 Å². The van der Waals surface area contributed by atoms with Gasteiger partial charge in [0.05, 0.1) is 15.5 Å². The number of nitrogens with zero attached hydrogens (tertiary/aromatic N) is 1. The first-order chi connectivity index (χ1) is 8.90. The van der Waals surface area contributed by atoms with Crippen molar-refractivity contribution in [3.63, 3.8) is 0 Å². The van der Waals surface area contributed by atoms with Crippen molar-refractivity contribution in [2.75, 3.05) is 13.1 Å². The molecular formula is C12H17Cl2N3O2S. The number of halogens is 2. The fraction of sp³-hybridized carbons (Fsp3) is 0.417. The minimum absolute atomic E-state index is 0. The molecular weight excluding hydrogens is 321 g/mol. The van der Waals surface area contributed by atoms with Crippen molar-refractivity contribution in [2.24, 2.45) is 0 Å². The van der Waals surface area contributed by atoms with Crippen LogP contribution in [-0.2, 0) is 10.0 Å². The number of likely N-dealkylation sites (N-methyl/N-ethyl adjacent to an activating group) is 1. The number of sulfonamides is 1. The van der Waals surface area contributed by atoms with Crippen LogP contribution in [0.1, 0.15) is 19.4 Å². The van der Waals surface area contributed by atoms with E-state index in [1.165, 1.54) is 18.2 Å². The maximum absolute atomic E-state index is 12.0. The monoisotopic (exact) mass is 337 g/mol. The summed E-state index contributed by atoms with van der Waals surface area (Å²) in [5.41, 5.74) is 0.252. The third kappa shape index (κ3) is 5.27. The zero-order valence-corrected chi connectivity index (χ0v) is 13.6. The van der Waals surface area contributed by atoms with E-state index < -0.39 is 10.0 Å². The molecule has 0 aliphatic heterocycles. The van der Waals surface area contributed by atoms with E-state index in [-0.39, 0.29) is 40.5 Å². The second-order valence-corrected chi connectivity index (χ2v) is 6.24. The lowest BCUT2D eigenvalue weighted by Gasteiger charge is -2.13. The lowest BCUT2D eigenvalue weighted by molar-refractivity contribution is 0.536. The van der Waals surface area contributed by atoms with Crippen molar-refractivity contribution in [1.82, 2.24) is 10.0 Å². The molecule has 1 atom stereocenters. The number of hydrogen-bond acceptors (Lipinski definition) is 4. The van der Waals surface area contributed by atoms with E-state index in [0.29, 0.717) is 0 Å². The summed E-state index contributed by atoms with van der Waals surface area (Å²) in [5, 5.41) is 12.0. The molecule has 0 amide bonds. The molecule has 0 radical (unpaired) electrons. The zero-order chi connectivity index (χ0) is 14.5. The van der Waals surface area contributed by atoms with Crippen LogP contribution in [0.2, 0.25) is 5.02 Å². The van der Waals surface area contributed by atoms with Crippen LogP contribution in [0.5, 0.6) is 0 Å². The first-order valence-electron chi connectivity index (χ1n) is 5.83. The highest BCUT2D eigenvalue weighted by Gasteiger charge is 2.16. The maximum atomic E-state index is 12.0. The molecule has 0 bridgehead atoms. The molecule has 8 heteroatoms. The fourth-order valence-corrected chi connectivity index (χ4v) is 2.94. The molecule has 2 N–H and O–H groups in total. The van der Waals surface area contributed by atoms with E-state index in [9.17, 15) is 8.42 Å². The molecule has 0 aromatic heterocycles. The highest BCUT2D eigenvalue weighted by Crippen LogP contribution is 2.19. The Balaban J connectivity index is 0.00000361. The molecule has 1 rings (SSSR count). The summed E-state index contributed by atoms with van der Waals surface area (Å²) < 4.78 is 26.5. The molecule has 1 aromatic rings. The molecule has 112 valence electrons.